The third-order valence-electron chi connectivity index (χ3n) is 10.7. The SMILES string of the molecule is CCC(C)c1op(Oc2c(C)cc(C)cc2-c2cc(C)cc(C)c2Op2oc3c(C)cc(C)cc3c3cc(C)cc(C)c3o2)oc2c(C)cc(C)cc2c1C=C(C)C. The van der Waals surface area contributed by atoms with E-state index in [0.717, 1.165) is 112 Å². The molecule has 0 N–H and O–H groups in total. The quantitative estimate of drug-likeness (QED) is 0.152. The van der Waals surface area contributed by atoms with Crippen LogP contribution in [0.25, 0.3) is 50.1 Å². The summed E-state index contributed by atoms with van der Waals surface area (Å²) in [6, 6.07) is 21.6. The lowest BCUT2D eigenvalue weighted by Crippen LogP contribution is -1.96. The van der Waals surface area contributed by atoms with Crippen molar-refractivity contribution in [3.63, 3.8) is 0 Å². The maximum Gasteiger partial charge on any atom is 0.453 e. The predicted molar refractivity (Wildman–Crippen MR) is 244 cm³/mol. The molecule has 7 aromatic rings. The molecule has 0 spiro atoms. The van der Waals surface area contributed by atoms with Gasteiger partial charge in [-0.2, -0.15) is 0 Å². The zero-order valence-corrected chi connectivity index (χ0v) is 38.3. The molecule has 2 heterocycles. The molecule has 2 unspecified atom stereocenters. The molecule has 2 atom stereocenters. The van der Waals surface area contributed by atoms with Crippen molar-refractivity contribution < 1.29 is 25.8 Å². The monoisotopic (exact) mass is 814 g/mol. The molecular formula is C50H56O6P2. The van der Waals surface area contributed by atoms with Gasteiger partial charge in [-0.05, 0) is 175 Å². The Morgan fingerprint density at radius 1 is 0.517 bits per heavy atom. The Morgan fingerprint density at radius 3 is 1.29 bits per heavy atom. The van der Waals surface area contributed by atoms with E-state index in [9.17, 15) is 0 Å². The van der Waals surface area contributed by atoms with Crippen molar-refractivity contribution >= 4 is 55.5 Å². The summed E-state index contributed by atoms with van der Waals surface area (Å²) < 4.78 is 41.5. The van der Waals surface area contributed by atoms with E-state index >= 15 is 0 Å². The van der Waals surface area contributed by atoms with Crippen LogP contribution in [0.3, 0.4) is 0 Å². The fourth-order valence-electron chi connectivity index (χ4n) is 8.10. The second-order valence-electron chi connectivity index (χ2n) is 16.6. The second-order valence-corrected chi connectivity index (χ2v) is 18.6. The zero-order chi connectivity index (χ0) is 41.7. The van der Waals surface area contributed by atoms with Crippen molar-refractivity contribution in [1.82, 2.24) is 0 Å². The molecule has 0 amide bonds. The summed E-state index contributed by atoms with van der Waals surface area (Å²) >= 11 is 0. The van der Waals surface area contributed by atoms with E-state index in [2.05, 4.69) is 164 Å². The number of rotatable bonds is 8. The molecule has 7 rings (SSSR count). The third kappa shape index (κ3) is 8.15. The van der Waals surface area contributed by atoms with Gasteiger partial charge in [-0.25, -0.2) is 0 Å². The number of aryl methyl sites for hydroxylation is 10. The Labute approximate surface area is 345 Å². The van der Waals surface area contributed by atoms with Gasteiger partial charge in [0.05, 0.1) is 0 Å². The van der Waals surface area contributed by atoms with E-state index < -0.39 is 16.5 Å². The van der Waals surface area contributed by atoms with Gasteiger partial charge in [-0.3, -0.25) is 0 Å². The van der Waals surface area contributed by atoms with Crippen LogP contribution < -0.4 is 9.05 Å². The number of fused-ring (bicyclic) bond motifs is 4. The molecule has 8 heteroatoms. The summed E-state index contributed by atoms with van der Waals surface area (Å²) in [7, 11) is -3.88. The standard InChI is InChI=1S/C50H56O6P2/c1-15-33(9)45-39(16-27(2)3)40-22-28(4)17-34(10)46(40)52-57(51-45)53-47-35(11)18-29(5)23-41(47)42-24-30(6)19-36(12)48(42)54-58-55-49-37(13)20-31(7)25-43(49)44-26-32(8)21-38(14)50(44)56-58/h16-26,33H,15H2,1-14H3. The number of allylic oxidation sites excluding steroid dienone is 1. The maximum absolute atomic E-state index is 7.07. The predicted octanol–water partition coefficient (Wildman–Crippen LogP) is 17.1. The van der Waals surface area contributed by atoms with E-state index in [1.807, 2.05) is 0 Å². The lowest BCUT2D eigenvalue weighted by atomic mass is 9.95. The van der Waals surface area contributed by atoms with Gasteiger partial charge in [0.1, 0.15) is 34.0 Å². The Kier molecular flexibility index (Phi) is 11.6. The highest BCUT2D eigenvalue weighted by Gasteiger charge is 2.24. The number of hydrogen-bond donors (Lipinski definition) is 0. The van der Waals surface area contributed by atoms with E-state index in [1.165, 1.54) is 11.1 Å². The van der Waals surface area contributed by atoms with Gasteiger partial charge in [0.2, 0.25) is 0 Å². The summed E-state index contributed by atoms with van der Waals surface area (Å²) in [5.74, 6) is 2.35. The molecule has 0 fully saturated rings. The Balaban J connectivity index is 1.48. The minimum Gasteiger partial charge on any atom is -0.394 e. The van der Waals surface area contributed by atoms with Crippen molar-refractivity contribution in [2.75, 3.05) is 0 Å². The second kappa shape index (κ2) is 16.3. The van der Waals surface area contributed by atoms with Crippen LogP contribution in [0.4, 0.5) is 0 Å². The summed E-state index contributed by atoms with van der Waals surface area (Å²) in [6.45, 7) is 29.6. The Morgan fingerprint density at radius 2 is 0.879 bits per heavy atom. The highest BCUT2D eigenvalue weighted by Crippen LogP contribution is 2.49. The Hall–Kier alpha value is -5.02. The van der Waals surface area contributed by atoms with Crippen LogP contribution in [-0.4, -0.2) is 0 Å². The first-order valence-corrected chi connectivity index (χ1v) is 22.3. The highest BCUT2D eigenvalue weighted by molar-refractivity contribution is 7.32. The van der Waals surface area contributed by atoms with Crippen molar-refractivity contribution in [3.8, 4) is 22.6 Å². The smallest absolute Gasteiger partial charge is 0.394 e. The van der Waals surface area contributed by atoms with E-state index in [4.69, 9.17) is 25.8 Å². The maximum atomic E-state index is 7.07. The molecule has 0 aliphatic rings. The summed E-state index contributed by atoms with van der Waals surface area (Å²) in [5, 5.41) is 3.04. The molecule has 0 bridgehead atoms. The normalized spacial score (nSPS) is 12.3. The lowest BCUT2D eigenvalue weighted by Gasteiger charge is -2.18. The molecule has 6 nitrogen and oxygen atoms in total. The van der Waals surface area contributed by atoms with Crippen LogP contribution in [0.2, 0.25) is 0 Å². The molecule has 0 aliphatic heterocycles. The minimum absolute atomic E-state index is 0.129. The van der Waals surface area contributed by atoms with Crippen LogP contribution >= 0.6 is 16.5 Å². The largest absolute Gasteiger partial charge is 0.453 e. The molecule has 2 aromatic heterocycles. The molecule has 0 saturated carbocycles. The summed E-state index contributed by atoms with van der Waals surface area (Å²) in [4.78, 5) is 0. The minimum atomic E-state index is -1.94. The van der Waals surface area contributed by atoms with Crippen molar-refractivity contribution in [2.24, 2.45) is 0 Å². The van der Waals surface area contributed by atoms with Gasteiger partial charge in [-0.15, -0.1) is 0 Å². The van der Waals surface area contributed by atoms with Crippen LogP contribution in [0.5, 0.6) is 11.5 Å². The van der Waals surface area contributed by atoms with Crippen LogP contribution in [0.1, 0.15) is 107 Å². The zero-order valence-electron chi connectivity index (χ0n) is 36.5. The average Bonchev–Trinajstić information content (AvgIpc) is 3.38. The third-order valence-corrected chi connectivity index (χ3v) is 12.7. The fraction of sp³-hybridized carbons (Fsp3) is 0.320. The number of benzene rings is 5. The van der Waals surface area contributed by atoms with Gasteiger partial charge in [0.25, 0.3) is 0 Å². The molecule has 0 aliphatic carbocycles. The fourth-order valence-corrected chi connectivity index (χ4v) is 10.7. The Bertz CT molecular complexity index is 2800. The van der Waals surface area contributed by atoms with Crippen LogP contribution in [0.15, 0.2) is 83.0 Å². The van der Waals surface area contributed by atoms with Gasteiger partial charge in [0, 0.05) is 38.8 Å². The van der Waals surface area contributed by atoms with Crippen LogP contribution in [-0.2, 0) is 0 Å². The van der Waals surface area contributed by atoms with Crippen molar-refractivity contribution in [1.29, 1.82) is 0 Å². The van der Waals surface area contributed by atoms with E-state index in [1.54, 1.807) is 0 Å². The topological polar surface area (TPSA) is 71.0 Å². The first kappa shape index (κ1) is 41.2. The first-order chi connectivity index (χ1) is 27.5. The molecule has 0 saturated heterocycles. The van der Waals surface area contributed by atoms with Gasteiger partial charge < -0.3 is 25.8 Å². The van der Waals surface area contributed by atoms with Gasteiger partial charge in [-0.1, -0.05) is 55.8 Å². The summed E-state index contributed by atoms with van der Waals surface area (Å²) in [6.07, 6.45) is 3.11. The van der Waals surface area contributed by atoms with Crippen molar-refractivity contribution in [2.45, 2.75) is 109 Å². The molecule has 0 radical (unpaired) electrons. The van der Waals surface area contributed by atoms with Crippen molar-refractivity contribution in [3.05, 3.63) is 133 Å². The van der Waals surface area contributed by atoms with Crippen LogP contribution in [0, 0.1) is 69.2 Å². The molecule has 58 heavy (non-hydrogen) atoms. The van der Waals surface area contributed by atoms with E-state index in [0.29, 0.717) is 11.5 Å². The molecular weight excluding hydrogens is 758 g/mol. The number of hydrogen-bond acceptors (Lipinski definition) is 6. The first-order valence-electron chi connectivity index (χ1n) is 20.2. The summed E-state index contributed by atoms with van der Waals surface area (Å²) in [5.41, 5.74) is 17.0. The average molecular weight is 815 g/mol. The van der Waals surface area contributed by atoms with Gasteiger partial charge >= 0.3 is 16.5 Å². The van der Waals surface area contributed by atoms with E-state index in [-0.39, 0.29) is 5.92 Å². The lowest BCUT2D eigenvalue weighted by molar-refractivity contribution is 0.445. The van der Waals surface area contributed by atoms with Gasteiger partial charge in [0.15, 0.2) is 0 Å². The molecule has 5 aromatic carbocycles. The highest BCUT2D eigenvalue weighted by atomic mass is 31.1. The molecule has 302 valence electrons.